The van der Waals surface area contributed by atoms with Crippen LogP contribution in [0.5, 0.6) is 0 Å². The van der Waals surface area contributed by atoms with Crippen LogP contribution >= 0.6 is 0 Å². The second-order valence-corrected chi connectivity index (χ2v) is 6.23. The zero-order chi connectivity index (χ0) is 17.3. The lowest BCUT2D eigenvalue weighted by atomic mass is 10.1. The fourth-order valence-corrected chi connectivity index (χ4v) is 2.94. The molecule has 0 amide bonds. The summed E-state index contributed by atoms with van der Waals surface area (Å²) in [6, 6.07) is 10.4. The van der Waals surface area contributed by atoms with Crippen LogP contribution in [0.2, 0.25) is 0 Å². The molecule has 0 aliphatic carbocycles. The van der Waals surface area contributed by atoms with E-state index >= 15 is 0 Å². The summed E-state index contributed by atoms with van der Waals surface area (Å²) in [6.07, 6.45) is 6.37. The summed E-state index contributed by atoms with van der Waals surface area (Å²) >= 11 is 0. The van der Waals surface area contributed by atoms with Crippen LogP contribution in [-0.2, 0) is 17.8 Å². The molecule has 0 radical (unpaired) electrons. The van der Waals surface area contributed by atoms with Gasteiger partial charge in [-0.1, -0.05) is 24.3 Å². The summed E-state index contributed by atoms with van der Waals surface area (Å²) in [7, 11) is 0. The number of aromatic nitrogens is 2. The lowest BCUT2D eigenvalue weighted by Crippen LogP contribution is -2.41. The minimum atomic E-state index is 0.307. The van der Waals surface area contributed by atoms with Crippen molar-refractivity contribution < 1.29 is 4.74 Å². The van der Waals surface area contributed by atoms with Gasteiger partial charge in [0.1, 0.15) is 0 Å². The first-order valence-corrected chi connectivity index (χ1v) is 9.02. The highest BCUT2D eigenvalue weighted by molar-refractivity contribution is 5.79. The van der Waals surface area contributed by atoms with Gasteiger partial charge in [-0.2, -0.15) is 5.10 Å². The molecule has 1 aromatic heterocycles. The van der Waals surface area contributed by atoms with E-state index in [1.165, 1.54) is 11.1 Å². The van der Waals surface area contributed by atoms with Gasteiger partial charge in [0, 0.05) is 32.1 Å². The molecule has 0 saturated carbocycles. The molecule has 3 rings (SSSR count). The molecule has 2 heterocycles. The van der Waals surface area contributed by atoms with E-state index in [-0.39, 0.29) is 0 Å². The number of guanidine groups is 1. The predicted molar refractivity (Wildman–Crippen MR) is 99.6 cm³/mol. The van der Waals surface area contributed by atoms with Gasteiger partial charge in [0.25, 0.3) is 0 Å². The maximum absolute atomic E-state index is 5.66. The van der Waals surface area contributed by atoms with Crippen molar-refractivity contribution in [3.63, 3.8) is 0 Å². The monoisotopic (exact) mass is 341 g/mol. The first kappa shape index (κ1) is 17.5. The van der Waals surface area contributed by atoms with E-state index < -0.39 is 0 Å². The Kier molecular flexibility index (Phi) is 6.45. The van der Waals surface area contributed by atoms with Crippen molar-refractivity contribution in [2.75, 3.05) is 19.7 Å². The zero-order valence-corrected chi connectivity index (χ0v) is 14.8. The molecule has 134 valence electrons. The quantitative estimate of drug-likeness (QED) is 0.598. The third kappa shape index (κ3) is 5.60. The van der Waals surface area contributed by atoms with Crippen LogP contribution in [0.3, 0.4) is 0 Å². The molecule has 2 aromatic rings. The summed E-state index contributed by atoms with van der Waals surface area (Å²) in [5.74, 6) is 0.843. The minimum absolute atomic E-state index is 0.307. The summed E-state index contributed by atoms with van der Waals surface area (Å²) in [5.41, 5.74) is 2.42. The molecule has 6 heteroatoms. The molecule has 6 nitrogen and oxygen atoms in total. The number of hydrogen-bond acceptors (Lipinski definition) is 3. The molecule has 1 fully saturated rings. The number of rotatable bonds is 7. The van der Waals surface area contributed by atoms with Gasteiger partial charge in [0.15, 0.2) is 5.96 Å². The summed E-state index contributed by atoms with van der Waals surface area (Å²) in [4.78, 5) is 4.70. The maximum atomic E-state index is 5.66. The van der Waals surface area contributed by atoms with Crippen LogP contribution in [-0.4, -0.2) is 41.5 Å². The largest absolute Gasteiger partial charge is 0.376 e. The standard InChI is InChI=1S/C19H27N5O/c1-2-20-19(22-14-18-8-4-11-25-18)21-13-16-6-3-7-17(12-16)15-24-10-5-9-23-24/h3,5-7,9-10,12,18H,2,4,8,11,13-15H2,1H3,(H2,20,21,22). The molecule has 1 atom stereocenters. The molecule has 1 aromatic carbocycles. The number of aliphatic imine (C=N–C) groups is 1. The average Bonchev–Trinajstić information content (AvgIpc) is 3.31. The molecule has 1 aliphatic rings. The van der Waals surface area contributed by atoms with Gasteiger partial charge in [-0.15, -0.1) is 0 Å². The number of hydrogen-bond donors (Lipinski definition) is 2. The molecular formula is C19H27N5O. The average molecular weight is 341 g/mol. The van der Waals surface area contributed by atoms with Gasteiger partial charge >= 0.3 is 0 Å². The Morgan fingerprint density at radius 2 is 2.24 bits per heavy atom. The third-order valence-electron chi connectivity index (χ3n) is 4.18. The molecule has 1 aliphatic heterocycles. The van der Waals surface area contributed by atoms with E-state index in [9.17, 15) is 0 Å². The zero-order valence-electron chi connectivity index (χ0n) is 14.8. The lowest BCUT2D eigenvalue weighted by molar-refractivity contribution is 0.114. The highest BCUT2D eigenvalue weighted by Gasteiger charge is 2.15. The van der Waals surface area contributed by atoms with Gasteiger partial charge in [-0.3, -0.25) is 4.68 Å². The fourth-order valence-electron chi connectivity index (χ4n) is 2.94. The van der Waals surface area contributed by atoms with E-state index in [2.05, 4.69) is 46.9 Å². The topological polar surface area (TPSA) is 63.5 Å². The van der Waals surface area contributed by atoms with Crippen molar-refractivity contribution in [2.45, 2.75) is 39.0 Å². The Hall–Kier alpha value is -2.34. The summed E-state index contributed by atoms with van der Waals surface area (Å²) in [6.45, 7) is 6.04. The smallest absolute Gasteiger partial charge is 0.191 e. The number of ether oxygens (including phenoxy) is 1. The van der Waals surface area contributed by atoms with Crippen LogP contribution in [0.1, 0.15) is 30.9 Å². The summed E-state index contributed by atoms with van der Waals surface area (Å²) in [5, 5.41) is 10.9. The second kappa shape index (κ2) is 9.22. The number of nitrogens with zero attached hydrogens (tertiary/aromatic N) is 3. The Labute approximate surface area is 149 Å². The fraction of sp³-hybridized carbons (Fsp3) is 0.474. The normalized spacial score (nSPS) is 17.6. The van der Waals surface area contributed by atoms with Crippen LogP contribution in [0.15, 0.2) is 47.7 Å². The first-order chi connectivity index (χ1) is 12.3. The van der Waals surface area contributed by atoms with Crippen LogP contribution in [0.4, 0.5) is 0 Å². The van der Waals surface area contributed by atoms with E-state index in [1.807, 2.05) is 16.9 Å². The third-order valence-corrected chi connectivity index (χ3v) is 4.18. The SMILES string of the molecule is CCNC(=NCc1cccc(Cn2cccn2)c1)NCC1CCCO1. The van der Waals surface area contributed by atoms with Crippen molar-refractivity contribution in [1.82, 2.24) is 20.4 Å². The molecular weight excluding hydrogens is 314 g/mol. The van der Waals surface area contributed by atoms with E-state index in [1.54, 1.807) is 6.20 Å². The Bertz CT molecular complexity index is 662. The van der Waals surface area contributed by atoms with Crippen molar-refractivity contribution >= 4 is 5.96 Å². The van der Waals surface area contributed by atoms with Crippen molar-refractivity contribution in [3.8, 4) is 0 Å². The first-order valence-electron chi connectivity index (χ1n) is 9.02. The van der Waals surface area contributed by atoms with E-state index in [0.717, 1.165) is 45.0 Å². The Morgan fingerprint density at radius 1 is 1.32 bits per heavy atom. The predicted octanol–water partition coefficient (Wildman–Crippen LogP) is 2.17. The highest BCUT2D eigenvalue weighted by Crippen LogP contribution is 2.11. The highest BCUT2D eigenvalue weighted by atomic mass is 16.5. The second-order valence-electron chi connectivity index (χ2n) is 6.23. The molecule has 1 saturated heterocycles. The van der Waals surface area contributed by atoms with Gasteiger partial charge in [-0.05, 0) is 37.0 Å². The molecule has 1 unspecified atom stereocenters. The van der Waals surface area contributed by atoms with Gasteiger partial charge in [-0.25, -0.2) is 4.99 Å². The molecule has 0 spiro atoms. The van der Waals surface area contributed by atoms with Crippen LogP contribution < -0.4 is 10.6 Å². The van der Waals surface area contributed by atoms with Gasteiger partial charge < -0.3 is 15.4 Å². The Balaban J connectivity index is 1.57. The minimum Gasteiger partial charge on any atom is -0.376 e. The Morgan fingerprint density at radius 3 is 3.00 bits per heavy atom. The maximum Gasteiger partial charge on any atom is 0.191 e. The van der Waals surface area contributed by atoms with Crippen LogP contribution in [0.25, 0.3) is 0 Å². The number of benzene rings is 1. The van der Waals surface area contributed by atoms with Gasteiger partial charge in [0.05, 0.1) is 19.2 Å². The number of nitrogens with one attached hydrogen (secondary N) is 2. The molecule has 2 N–H and O–H groups in total. The van der Waals surface area contributed by atoms with E-state index in [0.29, 0.717) is 12.6 Å². The van der Waals surface area contributed by atoms with Crippen LogP contribution in [0, 0.1) is 0 Å². The van der Waals surface area contributed by atoms with Crippen molar-refractivity contribution in [3.05, 3.63) is 53.9 Å². The van der Waals surface area contributed by atoms with E-state index in [4.69, 9.17) is 9.73 Å². The van der Waals surface area contributed by atoms with Crippen molar-refractivity contribution in [2.24, 2.45) is 4.99 Å². The lowest BCUT2D eigenvalue weighted by Gasteiger charge is -2.14. The summed E-state index contributed by atoms with van der Waals surface area (Å²) < 4.78 is 7.58. The van der Waals surface area contributed by atoms with Crippen molar-refractivity contribution in [1.29, 1.82) is 0 Å². The van der Waals surface area contributed by atoms with Gasteiger partial charge in [0.2, 0.25) is 0 Å². The molecule has 25 heavy (non-hydrogen) atoms. The molecule has 0 bridgehead atoms.